The second-order valence-corrected chi connectivity index (χ2v) is 7.60. The molecule has 2 aromatic rings. The molecule has 0 unspecified atom stereocenters. The number of aryl methyl sites for hydroxylation is 2. The predicted octanol–water partition coefficient (Wildman–Crippen LogP) is 4.06. The third-order valence-corrected chi connectivity index (χ3v) is 5.23. The maximum Gasteiger partial charge on any atom is 0.416 e. The molecule has 1 aliphatic rings. The van der Waals surface area contributed by atoms with Gasteiger partial charge in [-0.25, -0.2) is 4.98 Å². The monoisotopic (exact) mass is 386 g/mol. The van der Waals surface area contributed by atoms with Gasteiger partial charge in [-0.15, -0.1) is 11.3 Å². The van der Waals surface area contributed by atoms with Crippen LogP contribution in [0.2, 0.25) is 0 Å². The quantitative estimate of drug-likeness (QED) is 0.794. The SMILES string of the molecule is Cc1nc(C)c(CN2CCOC[C@H](Oc3ccc(C(F)(F)F)cc3)C2)s1. The molecule has 0 amide bonds. The standard InChI is InChI=1S/C18H21F3N2O2S/c1-12-17(26-13(2)22-12)10-23-7-8-24-11-16(9-23)25-15-5-3-14(4-6-15)18(19,20)21/h3-6,16H,7-11H2,1-2H3/t16-/m1/s1. The lowest BCUT2D eigenvalue weighted by molar-refractivity contribution is -0.137. The molecule has 1 saturated heterocycles. The first-order valence-corrected chi connectivity index (χ1v) is 9.20. The van der Waals surface area contributed by atoms with Gasteiger partial charge in [0, 0.05) is 24.5 Å². The van der Waals surface area contributed by atoms with E-state index in [0.717, 1.165) is 35.9 Å². The summed E-state index contributed by atoms with van der Waals surface area (Å²) in [5, 5.41) is 1.04. The molecule has 8 heteroatoms. The van der Waals surface area contributed by atoms with Gasteiger partial charge in [-0.1, -0.05) is 0 Å². The Bertz CT molecular complexity index is 731. The summed E-state index contributed by atoms with van der Waals surface area (Å²) >= 11 is 1.68. The lowest BCUT2D eigenvalue weighted by Gasteiger charge is -2.23. The van der Waals surface area contributed by atoms with Crippen LogP contribution in [-0.4, -0.2) is 42.3 Å². The van der Waals surface area contributed by atoms with Gasteiger partial charge < -0.3 is 9.47 Å². The zero-order chi connectivity index (χ0) is 18.7. The van der Waals surface area contributed by atoms with E-state index in [4.69, 9.17) is 9.47 Å². The smallest absolute Gasteiger partial charge is 0.416 e. The molecule has 142 valence electrons. The summed E-state index contributed by atoms with van der Waals surface area (Å²) in [6.45, 7) is 7.21. The van der Waals surface area contributed by atoms with Gasteiger partial charge in [0.2, 0.25) is 0 Å². The summed E-state index contributed by atoms with van der Waals surface area (Å²) in [5.41, 5.74) is 0.359. The zero-order valence-electron chi connectivity index (χ0n) is 14.7. The molecular formula is C18H21F3N2O2S. The minimum atomic E-state index is -4.34. The highest BCUT2D eigenvalue weighted by Gasteiger charge is 2.30. The van der Waals surface area contributed by atoms with Crippen molar-refractivity contribution in [2.24, 2.45) is 0 Å². The van der Waals surface area contributed by atoms with E-state index >= 15 is 0 Å². The molecule has 1 atom stereocenters. The van der Waals surface area contributed by atoms with E-state index in [-0.39, 0.29) is 6.10 Å². The number of rotatable bonds is 4. The Balaban J connectivity index is 1.63. The van der Waals surface area contributed by atoms with E-state index in [1.165, 1.54) is 17.0 Å². The number of hydrogen-bond donors (Lipinski definition) is 0. The lowest BCUT2D eigenvalue weighted by atomic mass is 10.2. The van der Waals surface area contributed by atoms with E-state index < -0.39 is 11.7 Å². The van der Waals surface area contributed by atoms with Crippen LogP contribution in [0.1, 0.15) is 21.1 Å². The van der Waals surface area contributed by atoms with E-state index in [9.17, 15) is 13.2 Å². The number of hydrogen-bond acceptors (Lipinski definition) is 5. The first kappa shape index (κ1) is 19.1. The van der Waals surface area contributed by atoms with Crippen molar-refractivity contribution in [2.45, 2.75) is 32.7 Å². The second kappa shape index (κ2) is 7.94. The molecule has 0 N–H and O–H groups in total. The van der Waals surface area contributed by atoms with Gasteiger partial charge in [0.25, 0.3) is 0 Å². The first-order chi connectivity index (χ1) is 12.3. The number of nitrogens with zero attached hydrogens (tertiary/aromatic N) is 2. The fraction of sp³-hybridized carbons (Fsp3) is 0.500. The fourth-order valence-electron chi connectivity index (χ4n) is 2.89. The molecule has 4 nitrogen and oxygen atoms in total. The Hall–Kier alpha value is -1.64. The van der Waals surface area contributed by atoms with Crippen LogP contribution in [0.25, 0.3) is 0 Å². The largest absolute Gasteiger partial charge is 0.487 e. The van der Waals surface area contributed by atoms with Gasteiger partial charge >= 0.3 is 6.18 Å². The molecule has 1 fully saturated rings. The minimum absolute atomic E-state index is 0.233. The van der Waals surface area contributed by atoms with Crippen LogP contribution >= 0.6 is 11.3 Å². The van der Waals surface area contributed by atoms with E-state index in [1.807, 2.05) is 13.8 Å². The average Bonchev–Trinajstić information content (AvgIpc) is 2.75. The molecule has 0 radical (unpaired) electrons. The van der Waals surface area contributed by atoms with Crippen LogP contribution < -0.4 is 4.74 Å². The molecule has 1 aromatic carbocycles. The lowest BCUT2D eigenvalue weighted by Crippen LogP contribution is -2.35. The van der Waals surface area contributed by atoms with Crippen molar-refractivity contribution in [2.75, 3.05) is 26.3 Å². The summed E-state index contributed by atoms with van der Waals surface area (Å²) in [6.07, 6.45) is -4.57. The molecule has 2 heterocycles. The maximum atomic E-state index is 12.7. The van der Waals surface area contributed by atoms with Gasteiger partial charge in [-0.05, 0) is 38.1 Å². The zero-order valence-corrected chi connectivity index (χ0v) is 15.5. The van der Waals surface area contributed by atoms with Gasteiger partial charge in [-0.3, -0.25) is 4.90 Å². The Kier molecular flexibility index (Phi) is 5.84. The summed E-state index contributed by atoms with van der Waals surface area (Å²) in [4.78, 5) is 7.91. The predicted molar refractivity (Wildman–Crippen MR) is 93.5 cm³/mol. The van der Waals surface area contributed by atoms with E-state index in [1.54, 1.807) is 11.3 Å². The van der Waals surface area contributed by atoms with Crippen LogP contribution in [0, 0.1) is 13.8 Å². The van der Waals surface area contributed by atoms with Crippen LogP contribution in [0.3, 0.4) is 0 Å². The number of halogens is 3. The topological polar surface area (TPSA) is 34.6 Å². The Morgan fingerprint density at radius 1 is 1.27 bits per heavy atom. The number of benzene rings is 1. The molecule has 0 bridgehead atoms. The van der Waals surface area contributed by atoms with Crippen LogP contribution in [0.5, 0.6) is 5.75 Å². The maximum absolute atomic E-state index is 12.7. The van der Waals surface area contributed by atoms with Crippen molar-refractivity contribution >= 4 is 11.3 Å². The van der Waals surface area contributed by atoms with Crippen LogP contribution in [-0.2, 0) is 17.5 Å². The van der Waals surface area contributed by atoms with Gasteiger partial charge in [0.15, 0.2) is 0 Å². The van der Waals surface area contributed by atoms with Crippen molar-refractivity contribution in [3.8, 4) is 5.75 Å². The molecule has 0 spiro atoms. The highest BCUT2D eigenvalue weighted by Crippen LogP contribution is 2.30. The van der Waals surface area contributed by atoms with E-state index in [0.29, 0.717) is 25.5 Å². The molecule has 26 heavy (non-hydrogen) atoms. The molecule has 0 aliphatic carbocycles. The van der Waals surface area contributed by atoms with Crippen molar-refractivity contribution in [1.82, 2.24) is 9.88 Å². The number of alkyl halides is 3. The van der Waals surface area contributed by atoms with Crippen molar-refractivity contribution in [3.05, 3.63) is 45.4 Å². The Morgan fingerprint density at radius 3 is 2.62 bits per heavy atom. The summed E-state index contributed by atoms with van der Waals surface area (Å²) in [5.74, 6) is 0.415. The van der Waals surface area contributed by atoms with Crippen LogP contribution in [0.4, 0.5) is 13.2 Å². The molecule has 1 aromatic heterocycles. The minimum Gasteiger partial charge on any atom is -0.487 e. The summed E-state index contributed by atoms with van der Waals surface area (Å²) in [6, 6.07) is 4.78. The normalized spacial score (nSPS) is 19.3. The van der Waals surface area contributed by atoms with E-state index in [2.05, 4.69) is 9.88 Å². The van der Waals surface area contributed by atoms with Gasteiger partial charge in [0.05, 0.1) is 29.5 Å². The summed E-state index contributed by atoms with van der Waals surface area (Å²) < 4.78 is 49.4. The molecule has 1 aliphatic heterocycles. The number of ether oxygens (including phenoxy) is 2. The van der Waals surface area contributed by atoms with Crippen molar-refractivity contribution < 1.29 is 22.6 Å². The Labute approximate surface area is 154 Å². The number of thiazole rings is 1. The highest BCUT2D eigenvalue weighted by molar-refractivity contribution is 7.11. The molecular weight excluding hydrogens is 365 g/mol. The molecule has 0 saturated carbocycles. The van der Waals surface area contributed by atoms with Crippen molar-refractivity contribution in [3.63, 3.8) is 0 Å². The highest BCUT2D eigenvalue weighted by atomic mass is 32.1. The number of aromatic nitrogens is 1. The Morgan fingerprint density at radius 2 is 2.00 bits per heavy atom. The van der Waals surface area contributed by atoms with Crippen LogP contribution in [0.15, 0.2) is 24.3 Å². The van der Waals surface area contributed by atoms with Crippen molar-refractivity contribution in [1.29, 1.82) is 0 Å². The molecule has 3 rings (SSSR count). The average molecular weight is 386 g/mol. The third kappa shape index (κ3) is 4.96. The second-order valence-electron chi connectivity index (χ2n) is 6.31. The third-order valence-electron chi connectivity index (χ3n) is 4.17. The van der Waals surface area contributed by atoms with Gasteiger partial charge in [-0.2, -0.15) is 13.2 Å². The fourth-order valence-corrected chi connectivity index (χ4v) is 3.87. The first-order valence-electron chi connectivity index (χ1n) is 8.38. The summed E-state index contributed by atoms with van der Waals surface area (Å²) in [7, 11) is 0. The van der Waals surface area contributed by atoms with Gasteiger partial charge in [0.1, 0.15) is 11.9 Å².